The number of carbonyl (C=O) groups is 4. The van der Waals surface area contributed by atoms with Crippen molar-refractivity contribution in [3.63, 3.8) is 0 Å². The van der Waals surface area contributed by atoms with Crippen LogP contribution >= 0.6 is 0 Å². The molecule has 0 bridgehead atoms. The van der Waals surface area contributed by atoms with Crippen LogP contribution in [0.5, 0.6) is 5.75 Å². The Kier molecular flexibility index (Phi) is 9.74. The lowest BCUT2D eigenvalue weighted by Crippen LogP contribution is -2.58. The highest BCUT2D eigenvalue weighted by Gasteiger charge is 2.34. The molecule has 0 saturated carbocycles. The normalized spacial score (nSPS) is 16.5. The number of carboxylic acid groups (broad SMARTS) is 1. The number of nitrogens with zero attached hydrogens (tertiary/aromatic N) is 2. The number of hydrogen-bond donors (Lipinski definition) is 2. The maximum atomic E-state index is 13.8. The van der Waals surface area contributed by atoms with Gasteiger partial charge in [-0.25, -0.2) is 17.6 Å². The zero-order valence-electron chi connectivity index (χ0n) is 20.9. The number of piperazine rings is 1. The van der Waals surface area contributed by atoms with Gasteiger partial charge in [0.25, 0.3) is 0 Å². The molecule has 0 aliphatic carbocycles. The predicted octanol–water partition coefficient (Wildman–Crippen LogP) is 2.16. The zero-order valence-corrected chi connectivity index (χ0v) is 20.9. The van der Waals surface area contributed by atoms with Gasteiger partial charge < -0.3 is 20.1 Å². The van der Waals surface area contributed by atoms with E-state index in [1.807, 2.05) is 0 Å². The van der Waals surface area contributed by atoms with Crippen LogP contribution in [0.1, 0.15) is 18.9 Å². The number of rotatable bonds is 11. The van der Waals surface area contributed by atoms with E-state index >= 15 is 0 Å². The maximum absolute atomic E-state index is 13.8. The lowest BCUT2D eigenvalue weighted by atomic mass is 10.1. The first-order valence-corrected chi connectivity index (χ1v) is 11.7. The summed E-state index contributed by atoms with van der Waals surface area (Å²) in [6.07, 6.45) is -0.955. The summed E-state index contributed by atoms with van der Waals surface area (Å²) >= 11 is 0. The van der Waals surface area contributed by atoms with Gasteiger partial charge >= 0.3 is 5.97 Å². The number of halogens is 6. The third-order valence-electron chi connectivity index (χ3n) is 6.05. The summed E-state index contributed by atoms with van der Waals surface area (Å²) in [5.41, 5.74) is 0.224. The Morgan fingerprint density at radius 2 is 1.60 bits per heavy atom. The molecule has 2 aromatic carbocycles. The smallest absolute Gasteiger partial charge is 0.305 e. The number of hydrogen-bond acceptors (Lipinski definition) is 6. The van der Waals surface area contributed by atoms with Crippen LogP contribution in [-0.2, 0) is 25.7 Å². The lowest BCUT2D eigenvalue weighted by molar-refractivity contribution is -0.143. The quantitative estimate of drug-likeness (QED) is 0.312. The molecule has 1 aliphatic rings. The van der Waals surface area contributed by atoms with Gasteiger partial charge in [-0.05, 0) is 24.6 Å². The predicted molar refractivity (Wildman–Crippen MR) is 124 cm³/mol. The van der Waals surface area contributed by atoms with Crippen molar-refractivity contribution >= 4 is 23.6 Å². The monoisotopic (exact) mass is 575 g/mol. The highest BCUT2D eigenvalue weighted by atomic mass is 19.2. The van der Waals surface area contributed by atoms with Gasteiger partial charge in [-0.15, -0.1) is 0 Å². The number of ketones is 1. The Balaban J connectivity index is 1.60. The summed E-state index contributed by atoms with van der Waals surface area (Å²) in [6, 6.07) is 0.166. The molecule has 2 atom stereocenters. The van der Waals surface area contributed by atoms with Crippen molar-refractivity contribution in [2.45, 2.75) is 32.0 Å². The van der Waals surface area contributed by atoms with Gasteiger partial charge in [-0.3, -0.25) is 24.1 Å². The summed E-state index contributed by atoms with van der Waals surface area (Å²) in [4.78, 5) is 51.9. The van der Waals surface area contributed by atoms with E-state index in [0.717, 1.165) is 12.1 Å². The van der Waals surface area contributed by atoms with Crippen LogP contribution in [0.15, 0.2) is 24.3 Å². The van der Waals surface area contributed by atoms with Crippen molar-refractivity contribution in [2.75, 3.05) is 26.2 Å². The van der Waals surface area contributed by atoms with E-state index in [2.05, 4.69) is 10.1 Å². The largest absolute Gasteiger partial charge is 0.481 e. The highest BCUT2D eigenvalue weighted by molar-refractivity contribution is 5.93. The summed E-state index contributed by atoms with van der Waals surface area (Å²) in [5.74, 6) is -14.6. The third kappa shape index (κ3) is 7.49. The van der Waals surface area contributed by atoms with Crippen LogP contribution in [0.3, 0.4) is 0 Å². The van der Waals surface area contributed by atoms with Crippen LogP contribution in [0.2, 0.25) is 0 Å². The molecule has 2 aromatic rings. The van der Waals surface area contributed by atoms with Crippen LogP contribution in [-0.4, -0.2) is 76.8 Å². The zero-order chi connectivity index (χ0) is 29.7. The SMILES string of the molecule is C[C@H]1C(=O)N(Cc2cc(F)cc(F)c2)CCN1CC(=O)N[C@@H](CC(=O)O)C(=O)COc1c(F)c(F)cc(F)c1F. The Morgan fingerprint density at radius 1 is 1.00 bits per heavy atom. The van der Waals surface area contributed by atoms with E-state index in [4.69, 9.17) is 5.11 Å². The molecule has 3 rings (SSSR count). The Morgan fingerprint density at radius 3 is 2.17 bits per heavy atom. The molecule has 2 N–H and O–H groups in total. The van der Waals surface area contributed by atoms with E-state index < -0.39 is 95.9 Å². The molecule has 0 spiro atoms. The number of carboxylic acids is 1. The van der Waals surface area contributed by atoms with E-state index in [1.54, 1.807) is 0 Å². The van der Waals surface area contributed by atoms with Crippen molar-refractivity contribution in [1.82, 2.24) is 15.1 Å². The molecular formula is C25H23F6N3O6. The Labute approximate surface area is 223 Å². The number of ether oxygens (including phenoxy) is 1. The summed E-state index contributed by atoms with van der Waals surface area (Å²) in [6.45, 7) is -0.0722. The standard InChI is InChI=1S/C25H23F6N3O6/c1-12-25(39)34(9-13-4-14(26)6-15(27)5-13)3-2-33(12)10-20(36)32-18(8-21(37)38)19(35)11-40-24-22(30)16(28)7-17(29)23(24)31/h4-7,12,18H,2-3,8-11H2,1H3,(H,32,36)(H,37,38)/t12-,18-/m0/s1. The van der Waals surface area contributed by atoms with Gasteiger partial charge in [0.1, 0.15) is 24.3 Å². The molecule has 1 saturated heterocycles. The fraction of sp³-hybridized carbons (Fsp3) is 0.360. The Bertz CT molecular complexity index is 1280. The van der Waals surface area contributed by atoms with E-state index in [0.29, 0.717) is 6.07 Å². The van der Waals surface area contributed by atoms with Crippen LogP contribution in [0, 0.1) is 34.9 Å². The summed E-state index contributed by atoms with van der Waals surface area (Å²) in [5, 5.41) is 11.3. The minimum atomic E-state index is -1.91. The number of Topliss-reactive ketones (excluding diaryl/α,β-unsaturated/α-hetero) is 1. The number of carbonyl (C=O) groups excluding carboxylic acids is 3. The molecule has 40 heavy (non-hydrogen) atoms. The molecule has 15 heteroatoms. The second-order valence-electron chi connectivity index (χ2n) is 8.95. The molecule has 0 radical (unpaired) electrons. The minimum Gasteiger partial charge on any atom is -0.481 e. The van der Waals surface area contributed by atoms with Gasteiger partial charge in [0.2, 0.25) is 23.4 Å². The molecule has 9 nitrogen and oxygen atoms in total. The van der Waals surface area contributed by atoms with Crippen molar-refractivity contribution in [1.29, 1.82) is 0 Å². The molecule has 1 fully saturated rings. The van der Waals surface area contributed by atoms with E-state index in [-0.39, 0.29) is 31.3 Å². The van der Waals surface area contributed by atoms with Crippen LogP contribution in [0.25, 0.3) is 0 Å². The van der Waals surface area contributed by atoms with Crippen molar-refractivity contribution in [3.8, 4) is 5.75 Å². The number of nitrogens with one attached hydrogen (secondary N) is 1. The van der Waals surface area contributed by atoms with Gasteiger partial charge in [0.05, 0.1) is 19.0 Å². The number of aliphatic carboxylic acids is 1. The van der Waals surface area contributed by atoms with Crippen LogP contribution in [0.4, 0.5) is 26.3 Å². The van der Waals surface area contributed by atoms with Crippen molar-refractivity contribution in [3.05, 3.63) is 64.7 Å². The fourth-order valence-electron chi connectivity index (χ4n) is 4.04. The van der Waals surface area contributed by atoms with Crippen molar-refractivity contribution < 1.29 is 55.4 Å². The molecule has 1 aliphatic heterocycles. The topological polar surface area (TPSA) is 116 Å². The summed E-state index contributed by atoms with van der Waals surface area (Å²) in [7, 11) is 0. The fourth-order valence-corrected chi connectivity index (χ4v) is 4.04. The second kappa shape index (κ2) is 12.8. The first-order chi connectivity index (χ1) is 18.8. The molecule has 0 unspecified atom stereocenters. The summed E-state index contributed by atoms with van der Waals surface area (Å²) < 4.78 is 85.8. The van der Waals surface area contributed by atoms with Crippen LogP contribution < -0.4 is 10.1 Å². The second-order valence-corrected chi connectivity index (χ2v) is 8.95. The lowest BCUT2D eigenvalue weighted by Gasteiger charge is -2.39. The molecule has 1 heterocycles. The number of amides is 2. The third-order valence-corrected chi connectivity index (χ3v) is 6.05. The van der Waals surface area contributed by atoms with Gasteiger partial charge in [-0.1, -0.05) is 0 Å². The molecule has 2 amide bonds. The average molecular weight is 575 g/mol. The van der Waals surface area contributed by atoms with Gasteiger partial charge in [0, 0.05) is 31.8 Å². The van der Waals surface area contributed by atoms with Gasteiger partial charge in [-0.2, -0.15) is 8.78 Å². The first-order valence-electron chi connectivity index (χ1n) is 11.7. The first kappa shape index (κ1) is 30.4. The van der Waals surface area contributed by atoms with E-state index in [9.17, 15) is 45.5 Å². The van der Waals surface area contributed by atoms with E-state index in [1.165, 1.54) is 16.7 Å². The molecule has 216 valence electrons. The number of benzene rings is 2. The van der Waals surface area contributed by atoms with Crippen molar-refractivity contribution in [2.24, 2.45) is 0 Å². The maximum Gasteiger partial charge on any atom is 0.305 e. The van der Waals surface area contributed by atoms with Gasteiger partial charge in [0.15, 0.2) is 23.2 Å². The molecular weight excluding hydrogens is 552 g/mol. The minimum absolute atomic E-state index is 0.0698. The Hall–Kier alpha value is -4.14. The molecule has 0 aromatic heterocycles. The average Bonchev–Trinajstić information content (AvgIpc) is 2.86. The highest BCUT2D eigenvalue weighted by Crippen LogP contribution is 2.26.